The number of nitrogens with zero attached hydrogens (tertiary/aromatic N) is 1. The number of aryl methyl sites for hydroxylation is 1. The molecule has 2 aromatic rings. The van der Waals surface area contributed by atoms with E-state index in [4.69, 9.17) is 11.6 Å². The van der Waals surface area contributed by atoms with E-state index in [1.54, 1.807) is 30.6 Å². The van der Waals surface area contributed by atoms with E-state index >= 15 is 0 Å². The molecule has 0 saturated carbocycles. The van der Waals surface area contributed by atoms with Gasteiger partial charge in [-0.15, -0.1) is 0 Å². The summed E-state index contributed by atoms with van der Waals surface area (Å²) in [5.41, 5.74) is 2.66. The molecule has 1 N–H and O–H groups in total. The highest BCUT2D eigenvalue weighted by atomic mass is 79.9. The van der Waals surface area contributed by atoms with Gasteiger partial charge in [-0.25, -0.2) is 0 Å². The quantitative estimate of drug-likeness (QED) is 0.925. The van der Waals surface area contributed by atoms with E-state index in [2.05, 4.69) is 26.2 Å². The minimum Gasteiger partial charge on any atom is -0.348 e. The Kier molecular flexibility index (Phi) is 4.56. The van der Waals surface area contributed by atoms with E-state index < -0.39 is 0 Å². The Balaban J connectivity index is 2.08. The Labute approximate surface area is 125 Å². The van der Waals surface area contributed by atoms with Crippen molar-refractivity contribution in [2.24, 2.45) is 0 Å². The van der Waals surface area contributed by atoms with Gasteiger partial charge in [0.2, 0.25) is 0 Å². The van der Waals surface area contributed by atoms with Crippen LogP contribution in [0.5, 0.6) is 0 Å². The standard InChI is InChI=1S/C14H12BrClN2O/c1-9-4-5-17-7-10(9)8-18-14(19)12-3-2-11(16)6-13(12)15/h2-7H,8H2,1H3,(H,18,19). The van der Waals surface area contributed by atoms with E-state index in [1.807, 2.05) is 13.0 Å². The molecule has 0 aliphatic rings. The third-order valence-electron chi connectivity index (χ3n) is 2.76. The molecule has 0 aliphatic heterocycles. The zero-order chi connectivity index (χ0) is 13.8. The fourth-order valence-corrected chi connectivity index (χ4v) is 2.49. The molecule has 0 aliphatic carbocycles. The molecule has 98 valence electrons. The van der Waals surface area contributed by atoms with E-state index in [0.29, 0.717) is 21.6 Å². The predicted octanol–water partition coefficient (Wildman–Crippen LogP) is 3.74. The van der Waals surface area contributed by atoms with Crippen molar-refractivity contribution in [1.82, 2.24) is 10.3 Å². The summed E-state index contributed by atoms with van der Waals surface area (Å²) in [5, 5.41) is 3.45. The molecular weight excluding hydrogens is 328 g/mol. The molecule has 1 amide bonds. The normalized spacial score (nSPS) is 10.3. The topological polar surface area (TPSA) is 42.0 Å². The van der Waals surface area contributed by atoms with Crippen LogP contribution in [0.4, 0.5) is 0 Å². The molecule has 2 rings (SSSR count). The average Bonchev–Trinajstić information content (AvgIpc) is 2.37. The second-order valence-corrected chi connectivity index (χ2v) is 5.40. The molecule has 1 aromatic heterocycles. The molecule has 0 spiro atoms. The van der Waals surface area contributed by atoms with Crippen molar-refractivity contribution < 1.29 is 4.79 Å². The highest BCUT2D eigenvalue weighted by molar-refractivity contribution is 9.10. The van der Waals surface area contributed by atoms with Crippen molar-refractivity contribution in [2.75, 3.05) is 0 Å². The van der Waals surface area contributed by atoms with Crippen molar-refractivity contribution in [3.05, 3.63) is 62.8 Å². The first kappa shape index (κ1) is 14.0. The van der Waals surface area contributed by atoms with Crippen LogP contribution in [-0.2, 0) is 6.54 Å². The van der Waals surface area contributed by atoms with Gasteiger partial charge in [-0.2, -0.15) is 0 Å². The first-order valence-electron chi connectivity index (χ1n) is 5.70. The van der Waals surface area contributed by atoms with Crippen molar-refractivity contribution >= 4 is 33.4 Å². The number of pyridine rings is 1. The minimum absolute atomic E-state index is 0.146. The second kappa shape index (κ2) is 6.17. The third-order valence-corrected chi connectivity index (χ3v) is 3.65. The maximum absolute atomic E-state index is 12.1. The number of nitrogens with one attached hydrogen (secondary N) is 1. The SMILES string of the molecule is Cc1ccncc1CNC(=O)c1ccc(Cl)cc1Br. The van der Waals surface area contributed by atoms with Gasteiger partial charge in [-0.05, 0) is 58.2 Å². The number of aromatic nitrogens is 1. The van der Waals surface area contributed by atoms with E-state index in [9.17, 15) is 4.79 Å². The van der Waals surface area contributed by atoms with Gasteiger partial charge >= 0.3 is 0 Å². The summed E-state index contributed by atoms with van der Waals surface area (Å²) in [6.45, 7) is 2.44. The van der Waals surface area contributed by atoms with Crippen LogP contribution in [0.1, 0.15) is 21.5 Å². The summed E-state index contributed by atoms with van der Waals surface area (Å²) >= 11 is 9.18. The lowest BCUT2D eigenvalue weighted by Crippen LogP contribution is -2.23. The molecular formula is C14H12BrClN2O. The number of hydrogen-bond acceptors (Lipinski definition) is 2. The lowest BCUT2D eigenvalue weighted by atomic mass is 10.1. The van der Waals surface area contributed by atoms with Crippen LogP contribution >= 0.6 is 27.5 Å². The first-order valence-corrected chi connectivity index (χ1v) is 6.88. The molecule has 0 saturated heterocycles. The molecule has 1 aromatic carbocycles. The molecule has 0 radical (unpaired) electrons. The fourth-order valence-electron chi connectivity index (χ4n) is 1.63. The maximum atomic E-state index is 12.1. The molecule has 0 atom stereocenters. The molecule has 5 heteroatoms. The molecule has 0 bridgehead atoms. The lowest BCUT2D eigenvalue weighted by molar-refractivity contribution is 0.0950. The van der Waals surface area contributed by atoms with Gasteiger partial charge in [0.05, 0.1) is 5.56 Å². The first-order chi connectivity index (χ1) is 9.08. The Morgan fingerprint density at radius 2 is 2.21 bits per heavy atom. The Hall–Kier alpha value is -1.39. The van der Waals surface area contributed by atoms with Gasteiger partial charge in [0.25, 0.3) is 5.91 Å². The average molecular weight is 340 g/mol. The van der Waals surface area contributed by atoms with Gasteiger partial charge in [0, 0.05) is 28.4 Å². The Bertz CT molecular complexity index is 616. The van der Waals surface area contributed by atoms with Crippen molar-refractivity contribution in [2.45, 2.75) is 13.5 Å². The maximum Gasteiger partial charge on any atom is 0.252 e. The molecule has 19 heavy (non-hydrogen) atoms. The molecule has 1 heterocycles. The number of carbonyl (C=O) groups excluding carboxylic acids is 1. The number of carbonyl (C=O) groups is 1. The zero-order valence-corrected chi connectivity index (χ0v) is 12.6. The second-order valence-electron chi connectivity index (χ2n) is 4.11. The van der Waals surface area contributed by atoms with Crippen LogP contribution in [0.3, 0.4) is 0 Å². The van der Waals surface area contributed by atoms with Gasteiger partial charge in [0.1, 0.15) is 0 Å². The van der Waals surface area contributed by atoms with E-state index in [1.165, 1.54) is 0 Å². The summed E-state index contributed by atoms with van der Waals surface area (Å²) in [6.07, 6.45) is 3.49. The number of benzene rings is 1. The van der Waals surface area contributed by atoms with Gasteiger partial charge in [0.15, 0.2) is 0 Å². The monoisotopic (exact) mass is 338 g/mol. The minimum atomic E-state index is -0.146. The Morgan fingerprint density at radius 3 is 2.89 bits per heavy atom. The smallest absolute Gasteiger partial charge is 0.252 e. The van der Waals surface area contributed by atoms with Gasteiger partial charge in [-0.1, -0.05) is 11.6 Å². The van der Waals surface area contributed by atoms with E-state index in [-0.39, 0.29) is 5.91 Å². The van der Waals surface area contributed by atoms with Crippen molar-refractivity contribution in [1.29, 1.82) is 0 Å². The molecule has 3 nitrogen and oxygen atoms in total. The van der Waals surface area contributed by atoms with Crippen LogP contribution in [-0.4, -0.2) is 10.9 Å². The van der Waals surface area contributed by atoms with E-state index in [0.717, 1.165) is 11.1 Å². The van der Waals surface area contributed by atoms with Crippen LogP contribution < -0.4 is 5.32 Å². The number of hydrogen-bond donors (Lipinski definition) is 1. The van der Waals surface area contributed by atoms with Crippen LogP contribution in [0.15, 0.2) is 41.1 Å². The highest BCUT2D eigenvalue weighted by Crippen LogP contribution is 2.21. The van der Waals surface area contributed by atoms with Crippen LogP contribution in [0, 0.1) is 6.92 Å². The summed E-state index contributed by atoms with van der Waals surface area (Å²) in [4.78, 5) is 16.1. The molecule has 0 unspecified atom stereocenters. The van der Waals surface area contributed by atoms with Gasteiger partial charge < -0.3 is 5.32 Å². The van der Waals surface area contributed by atoms with Crippen LogP contribution in [0.2, 0.25) is 5.02 Å². The third kappa shape index (κ3) is 3.55. The van der Waals surface area contributed by atoms with Crippen molar-refractivity contribution in [3.63, 3.8) is 0 Å². The largest absolute Gasteiger partial charge is 0.348 e. The highest BCUT2D eigenvalue weighted by Gasteiger charge is 2.10. The predicted molar refractivity (Wildman–Crippen MR) is 79.3 cm³/mol. The molecule has 0 fully saturated rings. The summed E-state index contributed by atoms with van der Waals surface area (Å²) in [5.74, 6) is -0.146. The number of halogens is 2. The number of rotatable bonds is 3. The zero-order valence-electron chi connectivity index (χ0n) is 10.3. The van der Waals surface area contributed by atoms with Crippen molar-refractivity contribution in [3.8, 4) is 0 Å². The summed E-state index contributed by atoms with van der Waals surface area (Å²) in [7, 11) is 0. The van der Waals surface area contributed by atoms with Gasteiger partial charge in [-0.3, -0.25) is 9.78 Å². The van der Waals surface area contributed by atoms with Crippen LogP contribution in [0.25, 0.3) is 0 Å². The lowest BCUT2D eigenvalue weighted by Gasteiger charge is -2.08. The summed E-state index contributed by atoms with van der Waals surface area (Å²) < 4.78 is 0.681. The Morgan fingerprint density at radius 1 is 1.42 bits per heavy atom. The number of amides is 1. The summed E-state index contributed by atoms with van der Waals surface area (Å²) in [6, 6.07) is 7.00. The fraction of sp³-hybridized carbons (Fsp3) is 0.143.